The Morgan fingerprint density at radius 1 is 1.56 bits per heavy atom. The van der Waals surface area contributed by atoms with E-state index in [-0.39, 0.29) is 18.3 Å². The molecule has 4 heteroatoms. The van der Waals surface area contributed by atoms with E-state index in [1.165, 1.54) is 12.1 Å². The van der Waals surface area contributed by atoms with Crippen LogP contribution >= 0.6 is 0 Å². The van der Waals surface area contributed by atoms with Crippen LogP contribution in [-0.4, -0.2) is 23.7 Å². The van der Waals surface area contributed by atoms with Crippen molar-refractivity contribution < 1.29 is 14.3 Å². The van der Waals surface area contributed by atoms with E-state index in [4.69, 9.17) is 5.11 Å². The highest BCUT2D eigenvalue weighted by atomic mass is 19.1. The average molecular weight is 225 g/mol. The van der Waals surface area contributed by atoms with Crippen molar-refractivity contribution in [3.05, 3.63) is 35.6 Å². The number of nitrogens with one attached hydrogen (secondary N) is 1. The van der Waals surface area contributed by atoms with E-state index in [9.17, 15) is 9.18 Å². The van der Waals surface area contributed by atoms with Crippen LogP contribution in [0.25, 0.3) is 0 Å². The Morgan fingerprint density at radius 2 is 2.31 bits per heavy atom. The number of aliphatic hydroxyl groups excluding tert-OH is 1. The molecule has 0 spiro atoms. The smallest absolute Gasteiger partial charge is 0.220 e. The molecule has 0 radical (unpaired) electrons. The number of carbonyl (C=O) groups excluding carboxylic acids is 1. The Labute approximate surface area is 94.3 Å². The van der Waals surface area contributed by atoms with Gasteiger partial charge in [-0.15, -0.1) is 0 Å². The Kier molecular flexibility index (Phi) is 4.92. The van der Waals surface area contributed by atoms with Crippen LogP contribution in [0.2, 0.25) is 0 Å². The first-order valence-electron chi connectivity index (χ1n) is 5.27. The highest BCUT2D eigenvalue weighted by Crippen LogP contribution is 2.05. The molecule has 1 aromatic carbocycles. The maximum atomic E-state index is 12.8. The molecule has 0 heterocycles. The van der Waals surface area contributed by atoms with Crippen molar-refractivity contribution >= 4 is 5.91 Å². The summed E-state index contributed by atoms with van der Waals surface area (Å²) in [5.74, 6) is -0.424. The number of halogens is 1. The molecule has 3 nitrogen and oxygen atoms in total. The summed E-state index contributed by atoms with van der Waals surface area (Å²) >= 11 is 0. The minimum absolute atomic E-state index is 0.134. The van der Waals surface area contributed by atoms with E-state index in [1.54, 1.807) is 19.1 Å². The minimum atomic E-state index is -0.543. The molecule has 2 N–H and O–H groups in total. The molecule has 1 atom stereocenters. The first-order valence-corrected chi connectivity index (χ1v) is 5.27. The molecule has 16 heavy (non-hydrogen) atoms. The normalized spacial score (nSPS) is 12.2. The molecular formula is C12H16FNO2. The first kappa shape index (κ1) is 12.6. The monoisotopic (exact) mass is 225 g/mol. The van der Waals surface area contributed by atoms with Crippen LogP contribution in [0.1, 0.15) is 18.9 Å². The van der Waals surface area contributed by atoms with Crippen LogP contribution < -0.4 is 5.32 Å². The van der Waals surface area contributed by atoms with Crippen molar-refractivity contribution in [2.75, 3.05) is 6.54 Å². The molecule has 1 amide bonds. The van der Waals surface area contributed by atoms with Gasteiger partial charge in [0.1, 0.15) is 5.82 Å². The molecule has 0 aliphatic heterocycles. The third kappa shape index (κ3) is 4.89. The summed E-state index contributed by atoms with van der Waals surface area (Å²) in [6.07, 6.45) is 0.262. The number of aliphatic hydroxyl groups is 1. The van der Waals surface area contributed by atoms with Gasteiger partial charge in [0.2, 0.25) is 5.91 Å². The summed E-state index contributed by atoms with van der Waals surface area (Å²) in [5.41, 5.74) is 0.798. The van der Waals surface area contributed by atoms with Gasteiger partial charge < -0.3 is 10.4 Å². The summed E-state index contributed by atoms with van der Waals surface area (Å²) in [7, 11) is 0. The number of carbonyl (C=O) groups is 1. The summed E-state index contributed by atoms with van der Waals surface area (Å²) in [6.45, 7) is 1.86. The fourth-order valence-corrected chi connectivity index (χ4v) is 1.30. The van der Waals surface area contributed by atoms with Crippen LogP contribution in [-0.2, 0) is 11.2 Å². The first-order chi connectivity index (χ1) is 7.58. The lowest BCUT2D eigenvalue weighted by molar-refractivity contribution is -0.121. The Balaban J connectivity index is 2.31. The van der Waals surface area contributed by atoms with Gasteiger partial charge in [-0.2, -0.15) is 0 Å². The van der Waals surface area contributed by atoms with E-state index in [0.29, 0.717) is 12.8 Å². The lowest BCUT2D eigenvalue weighted by atomic mass is 10.1. The van der Waals surface area contributed by atoms with Gasteiger partial charge in [0, 0.05) is 13.0 Å². The molecule has 0 bridgehead atoms. The average Bonchev–Trinajstić information content (AvgIpc) is 2.23. The van der Waals surface area contributed by atoms with Gasteiger partial charge in [-0.05, 0) is 31.0 Å². The molecule has 0 aliphatic carbocycles. The molecule has 0 saturated heterocycles. The largest absolute Gasteiger partial charge is 0.392 e. The third-order valence-electron chi connectivity index (χ3n) is 2.12. The highest BCUT2D eigenvalue weighted by molar-refractivity contribution is 5.76. The fourth-order valence-electron chi connectivity index (χ4n) is 1.30. The van der Waals surface area contributed by atoms with Gasteiger partial charge in [-0.1, -0.05) is 12.1 Å². The predicted molar refractivity (Wildman–Crippen MR) is 59.4 cm³/mol. The lowest BCUT2D eigenvalue weighted by Gasteiger charge is -2.06. The van der Waals surface area contributed by atoms with Gasteiger partial charge >= 0.3 is 0 Å². The molecular weight excluding hydrogens is 209 g/mol. The van der Waals surface area contributed by atoms with E-state index >= 15 is 0 Å². The zero-order valence-corrected chi connectivity index (χ0v) is 9.24. The van der Waals surface area contributed by atoms with Crippen molar-refractivity contribution in [2.45, 2.75) is 25.9 Å². The molecule has 1 unspecified atom stereocenters. The number of rotatable bonds is 5. The number of aryl methyl sites for hydroxylation is 1. The maximum Gasteiger partial charge on any atom is 0.220 e. The van der Waals surface area contributed by atoms with Crippen LogP contribution in [0.15, 0.2) is 24.3 Å². The van der Waals surface area contributed by atoms with Gasteiger partial charge in [0.15, 0.2) is 0 Å². The molecule has 0 aromatic heterocycles. The third-order valence-corrected chi connectivity index (χ3v) is 2.12. The van der Waals surface area contributed by atoms with Crippen molar-refractivity contribution in [2.24, 2.45) is 0 Å². The summed E-state index contributed by atoms with van der Waals surface area (Å²) in [4.78, 5) is 11.3. The van der Waals surface area contributed by atoms with Gasteiger partial charge in [-0.3, -0.25) is 4.79 Å². The number of hydrogen-bond donors (Lipinski definition) is 2. The second-order valence-electron chi connectivity index (χ2n) is 3.78. The van der Waals surface area contributed by atoms with Crippen LogP contribution in [0.4, 0.5) is 4.39 Å². The Morgan fingerprint density at radius 3 is 2.94 bits per heavy atom. The van der Waals surface area contributed by atoms with E-state index in [1.807, 2.05) is 0 Å². The van der Waals surface area contributed by atoms with E-state index in [2.05, 4.69) is 5.32 Å². The van der Waals surface area contributed by atoms with Crippen molar-refractivity contribution in [3.8, 4) is 0 Å². The number of amides is 1. The zero-order valence-electron chi connectivity index (χ0n) is 9.24. The molecule has 1 aromatic rings. The van der Waals surface area contributed by atoms with Gasteiger partial charge in [0.25, 0.3) is 0 Å². The SMILES string of the molecule is CC(O)CNC(=O)CCc1cccc(F)c1. The van der Waals surface area contributed by atoms with Gasteiger partial charge in [0.05, 0.1) is 6.10 Å². The molecule has 1 rings (SSSR count). The molecule has 88 valence electrons. The predicted octanol–water partition coefficient (Wildman–Crippen LogP) is 1.26. The summed E-state index contributed by atoms with van der Waals surface area (Å²) < 4.78 is 12.8. The highest BCUT2D eigenvalue weighted by Gasteiger charge is 2.03. The van der Waals surface area contributed by atoms with Crippen LogP contribution in [0.3, 0.4) is 0 Å². The minimum Gasteiger partial charge on any atom is -0.392 e. The van der Waals surface area contributed by atoms with E-state index < -0.39 is 6.10 Å². The topological polar surface area (TPSA) is 49.3 Å². The molecule has 0 aliphatic rings. The van der Waals surface area contributed by atoms with Crippen molar-refractivity contribution in [1.29, 1.82) is 0 Å². The standard InChI is InChI=1S/C12H16FNO2/c1-9(15)8-14-12(16)6-5-10-3-2-4-11(13)7-10/h2-4,7,9,15H,5-6,8H2,1H3,(H,14,16). The zero-order chi connectivity index (χ0) is 12.0. The van der Waals surface area contributed by atoms with Crippen molar-refractivity contribution in [3.63, 3.8) is 0 Å². The maximum absolute atomic E-state index is 12.8. The van der Waals surface area contributed by atoms with Crippen LogP contribution in [0.5, 0.6) is 0 Å². The fraction of sp³-hybridized carbons (Fsp3) is 0.417. The van der Waals surface area contributed by atoms with E-state index in [0.717, 1.165) is 5.56 Å². The summed E-state index contributed by atoms with van der Waals surface area (Å²) in [6, 6.07) is 6.20. The number of benzene rings is 1. The van der Waals surface area contributed by atoms with Crippen molar-refractivity contribution in [1.82, 2.24) is 5.32 Å². The second-order valence-corrected chi connectivity index (χ2v) is 3.78. The van der Waals surface area contributed by atoms with Crippen LogP contribution in [0, 0.1) is 5.82 Å². The molecule has 0 fully saturated rings. The Bertz CT molecular complexity index is 353. The Hall–Kier alpha value is -1.42. The number of hydrogen-bond acceptors (Lipinski definition) is 2. The lowest BCUT2D eigenvalue weighted by Crippen LogP contribution is -2.30. The molecule has 0 saturated carbocycles. The quantitative estimate of drug-likeness (QED) is 0.792. The summed E-state index contributed by atoms with van der Waals surface area (Å²) in [5, 5.41) is 11.5. The second kappa shape index (κ2) is 6.23. The van der Waals surface area contributed by atoms with Gasteiger partial charge in [-0.25, -0.2) is 4.39 Å².